The topological polar surface area (TPSA) is 56.8 Å². The van der Waals surface area contributed by atoms with Crippen LogP contribution >= 0.6 is 0 Å². The van der Waals surface area contributed by atoms with Crippen molar-refractivity contribution in [3.8, 4) is 17.2 Å². The lowest BCUT2D eigenvalue weighted by Crippen LogP contribution is -2.38. The average molecular weight is 357 g/mol. The first-order chi connectivity index (χ1) is 12.4. The van der Waals surface area contributed by atoms with Crippen molar-refractivity contribution in [3.63, 3.8) is 0 Å². The smallest absolute Gasteiger partial charge is 0.260 e. The minimum Gasteiger partial charge on any atom is -0.493 e. The van der Waals surface area contributed by atoms with Crippen molar-refractivity contribution in [1.82, 2.24) is 5.32 Å². The minimum atomic E-state index is -0.582. The first kappa shape index (κ1) is 19.6. The van der Waals surface area contributed by atoms with Gasteiger partial charge < -0.3 is 19.5 Å². The molecule has 0 aliphatic heterocycles. The summed E-state index contributed by atoms with van der Waals surface area (Å²) in [5, 5.41) is 2.83. The number of nitrogens with one attached hydrogen (secondary N) is 1. The summed E-state index contributed by atoms with van der Waals surface area (Å²) >= 11 is 0. The number of carbonyl (C=O) groups is 1. The zero-order valence-corrected chi connectivity index (χ0v) is 16.1. The molecule has 0 bridgehead atoms. The third kappa shape index (κ3) is 5.15. The van der Waals surface area contributed by atoms with Gasteiger partial charge in [-0.25, -0.2) is 0 Å². The predicted molar refractivity (Wildman–Crippen MR) is 102 cm³/mol. The van der Waals surface area contributed by atoms with E-state index in [-0.39, 0.29) is 5.91 Å². The molecule has 1 amide bonds. The second-order valence-corrected chi connectivity index (χ2v) is 6.26. The van der Waals surface area contributed by atoms with Crippen LogP contribution in [0, 0.1) is 20.8 Å². The number of methoxy groups -OCH3 is 1. The largest absolute Gasteiger partial charge is 0.493 e. The molecular formula is C21H27NO4. The van der Waals surface area contributed by atoms with E-state index in [0.29, 0.717) is 24.7 Å². The molecule has 140 valence electrons. The Bertz CT molecular complexity index is 758. The van der Waals surface area contributed by atoms with Gasteiger partial charge in [-0.2, -0.15) is 0 Å². The molecular weight excluding hydrogens is 330 g/mol. The quantitative estimate of drug-likeness (QED) is 0.734. The highest BCUT2D eigenvalue weighted by atomic mass is 16.5. The predicted octanol–water partition coefficient (Wildman–Crippen LogP) is 3.58. The van der Waals surface area contributed by atoms with Crippen molar-refractivity contribution in [1.29, 1.82) is 0 Å². The van der Waals surface area contributed by atoms with Gasteiger partial charge in [0, 0.05) is 0 Å². The van der Waals surface area contributed by atoms with Crippen molar-refractivity contribution in [2.24, 2.45) is 0 Å². The highest BCUT2D eigenvalue weighted by Gasteiger charge is 2.16. The summed E-state index contributed by atoms with van der Waals surface area (Å²) in [6, 6.07) is 11.5. The van der Waals surface area contributed by atoms with Gasteiger partial charge in [-0.3, -0.25) is 4.79 Å². The molecule has 0 aliphatic carbocycles. The van der Waals surface area contributed by atoms with Crippen LogP contribution in [0.2, 0.25) is 0 Å². The maximum absolute atomic E-state index is 12.2. The Kier molecular flexibility index (Phi) is 6.89. The second-order valence-electron chi connectivity index (χ2n) is 6.26. The highest BCUT2D eigenvalue weighted by molar-refractivity contribution is 5.80. The number of benzene rings is 2. The van der Waals surface area contributed by atoms with Crippen molar-refractivity contribution >= 4 is 5.91 Å². The average Bonchev–Trinajstić information content (AvgIpc) is 2.62. The van der Waals surface area contributed by atoms with Crippen LogP contribution in [0.25, 0.3) is 0 Å². The third-order valence-corrected chi connectivity index (χ3v) is 4.16. The molecule has 0 saturated carbocycles. The minimum absolute atomic E-state index is 0.174. The fourth-order valence-corrected chi connectivity index (χ4v) is 2.58. The number of hydrogen-bond acceptors (Lipinski definition) is 4. The first-order valence-electron chi connectivity index (χ1n) is 8.70. The van der Waals surface area contributed by atoms with Gasteiger partial charge in [0.2, 0.25) is 0 Å². The molecule has 0 aromatic heterocycles. The Balaban J connectivity index is 1.82. The Morgan fingerprint density at radius 2 is 1.77 bits per heavy atom. The van der Waals surface area contributed by atoms with Gasteiger partial charge in [-0.15, -0.1) is 0 Å². The van der Waals surface area contributed by atoms with E-state index in [1.54, 1.807) is 14.0 Å². The highest BCUT2D eigenvalue weighted by Crippen LogP contribution is 2.26. The van der Waals surface area contributed by atoms with E-state index in [9.17, 15) is 4.79 Å². The zero-order valence-electron chi connectivity index (χ0n) is 16.1. The van der Waals surface area contributed by atoms with Crippen LogP contribution in [0.4, 0.5) is 0 Å². The lowest BCUT2D eigenvalue weighted by molar-refractivity contribution is -0.127. The van der Waals surface area contributed by atoms with Gasteiger partial charge in [-0.1, -0.05) is 18.2 Å². The van der Waals surface area contributed by atoms with Gasteiger partial charge in [-0.05, 0) is 62.6 Å². The zero-order chi connectivity index (χ0) is 19.1. The molecule has 0 radical (unpaired) electrons. The van der Waals surface area contributed by atoms with Crippen molar-refractivity contribution in [2.45, 2.75) is 33.8 Å². The molecule has 0 fully saturated rings. The van der Waals surface area contributed by atoms with Gasteiger partial charge in [0.05, 0.1) is 13.7 Å². The van der Waals surface area contributed by atoms with E-state index in [1.165, 1.54) is 0 Å². The summed E-state index contributed by atoms with van der Waals surface area (Å²) in [4.78, 5) is 12.2. The molecule has 0 heterocycles. The molecule has 0 aliphatic rings. The van der Waals surface area contributed by atoms with E-state index in [2.05, 4.69) is 11.4 Å². The molecule has 2 rings (SSSR count). The summed E-state index contributed by atoms with van der Waals surface area (Å²) in [6.45, 7) is 8.52. The summed E-state index contributed by atoms with van der Waals surface area (Å²) < 4.78 is 16.7. The molecule has 0 saturated heterocycles. The molecule has 26 heavy (non-hydrogen) atoms. The van der Waals surface area contributed by atoms with E-state index < -0.39 is 6.10 Å². The number of carbonyl (C=O) groups excluding carboxylic acids is 1. The second kappa shape index (κ2) is 9.13. The Morgan fingerprint density at radius 1 is 1.08 bits per heavy atom. The number of rotatable bonds is 8. The monoisotopic (exact) mass is 357 g/mol. The molecule has 5 heteroatoms. The molecule has 5 nitrogen and oxygen atoms in total. The van der Waals surface area contributed by atoms with E-state index in [4.69, 9.17) is 14.2 Å². The standard InChI is InChI=1S/C21H27NO4/c1-14-12-15(2)16(3)20(13-14)26-17(4)21(23)22-10-11-25-19-9-7-6-8-18(19)24-5/h6-9,12-13,17H,10-11H2,1-5H3,(H,22,23)/t17-/m0/s1. The number of hydrogen-bond donors (Lipinski definition) is 1. The molecule has 2 aromatic rings. The maximum atomic E-state index is 12.2. The summed E-state index contributed by atoms with van der Waals surface area (Å²) in [6.07, 6.45) is -0.582. The summed E-state index contributed by atoms with van der Waals surface area (Å²) in [7, 11) is 1.60. The lowest BCUT2D eigenvalue weighted by atomic mass is 10.1. The van der Waals surface area contributed by atoms with Crippen LogP contribution in [0.15, 0.2) is 36.4 Å². The maximum Gasteiger partial charge on any atom is 0.260 e. The van der Waals surface area contributed by atoms with E-state index >= 15 is 0 Å². The lowest BCUT2D eigenvalue weighted by Gasteiger charge is -2.18. The fourth-order valence-electron chi connectivity index (χ4n) is 2.58. The molecule has 0 spiro atoms. The van der Waals surface area contributed by atoms with Crippen LogP contribution in [-0.4, -0.2) is 32.3 Å². The molecule has 1 N–H and O–H groups in total. The molecule has 0 unspecified atom stereocenters. The van der Waals surface area contributed by atoms with Crippen molar-refractivity contribution < 1.29 is 19.0 Å². The number of para-hydroxylation sites is 2. The summed E-state index contributed by atoms with van der Waals surface area (Å²) in [5.41, 5.74) is 3.31. The van der Waals surface area contributed by atoms with Crippen molar-refractivity contribution in [2.75, 3.05) is 20.3 Å². The van der Waals surface area contributed by atoms with Crippen LogP contribution in [0.1, 0.15) is 23.6 Å². The van der Waals surface area contributed by atoms with Crippen LogP contribution < -0.4 is 19.5 Å². The SMILES string of the molecule is COc1ccccc1OCCNC(=O)[C@H](C)Oc1cc(C)cc(C)c1C. The van der Waals surface area contributed by atoms with Crippen LogP contribution in [-0.2, 0) is 4.79 Å². The van der Waals surface area contributed by atoms with E-state index in [1.807, 2.05) is 51.1 Å². The molecule has 1 atom stereocenters. The number of aryl methyl sites for hydroxylation is 2. The number of ether oxygens (including phenoxy) is 3. The Hall–Kier alpha value is -2.69. The van der Waals surface area contributed by atoms with Gasteiger partial charge in [0.15, 0.2) is 17.6 Å². The normalized spacial score (nSPS) is 11.6. The Morgan fingerprint density at radius 3 is 2.46 bits per heavy atom. The van der Waals surface area contributed by atoms with Gasteiger partial charge >= 0.3 is 0 Å². The van der Waals surface area contributed by atoms with Crippen LogP contribution in [0.3, 0.4) is 0 Å². The first-order valence-corrected chi connectivity index (χ1v) is 8.70. The van der Waals surface area contributed by atoms with E-state index in [0.717, 1.165) is 22.4 Å². The fraction of sp³-hybridized carbons (Fsp3) is 0.381. The summed E-state index contributed by atoms with van der Waals surface area (Å²) in [5.74, 6) is 1.89. The van der Waals surface area contributed by atoms with Gasteiger partial charge in [0.25, 0.3) is 5.91 Å². The molecule has 2 aromatic carbocycles. The third-order valence-electron chi connectivity index (χ3n) is 4.16. The van der Waals surface area contributed by atoms with Crippen LogP contribution in [0.5, 0.6) is 17.2 Å². The Labute approximate surface area is 155 Å². The van der Waals surface area contributed by atoms with Gasteiger partial charge in [0.1, 0.15) is 12.4 Å². The number of amides is 1. The van der Waals surface area contributed by atoms with Crippen molar-refractivity contribution in [3.05, 3.63) is 53.1 Å².